The van der Waals surface area contributed by atoms with E-state index in [1.807, 2.05) is 12.1 Å². The summed E-state index contributed by atoms with van der Waals surface area (Å²) >= 11 is 5.82. The zero-order valence-electron chi connectivity index (χ0n) is 10.3. The Bertz CT molecular complexity index is 781. The molecule has 0 aliphatic heterocycles. The third-order valence-corrected chi connectivity index (χ3v) is 3.33. The summed E-state index contributed by atoms with van der Waals surface area (Å²) in [5.41, 5.74) is 7.53. The van der Waals surface area contributed by atoms with Crippen LogP contribution in [0, 0.1) is 11.6 Å². The van der Waals surface area contributed by atoms with Crippen molar-refractivity contribution in [3.8, 4) is 0 Å². The molecule has 0 saturated carbocycles. The van der Waals surface area contributed by atoms with Crippen molar-refractivity contribution in [3.05, 3.63) is 58.6 Å². The average Bonchev–Trinajstić information content (AvgIpc) is 2.69. The molecule has 0 bridgehead atoms. The van der Waals surface area contributed by atoms with Gasteiger partial charge in [0.05, 0.1) is 17.6 Å². The summed E-state index contributed by atoms with van der Waals surface area (Å²) in [4.78, 5) is 4.04. The van der Waals surface area contributed by atoms with Gasteiger partial charge in [0, 0.05) is 17.2 Å². The second-order valence-electron chi connectivity index (χ2n) is 4.44. The molecule has 0 aliphatic rings. The fourth-order valence-electron chi connectivity index (χ4n) is 2.08. The molecule has 0 atom stereocenters. The predicted octanol–water partition coefficient (Wildman–Crippen LogP) is 3.60. The molecule has 3 aromatic rings. The largest absolute Gasteiger partial charge is 0.369 e. The van der Waals surface area contributed by atoms with Gasteiger partial charge in [-0.05, 0) is 17.7 Å². The lowest BCUT2D eigenvalue weighted by Gasteiger charge is -2.07. The molecule has 0 aliphatic carbocycles. The molecule has 0 saturated heterocycles. The molecule has 102 valence electrons. The van der Waals surface area contributed by atoms with Crippen LogP contribution in [0.3, 0.4) is 0 Å². The van der Waals surface area contributed by atoms with E-state index in [4.69, 9.17) is 17.3 Å². The van der Waals surface area contributed by atoms with E-state index in [2.05, 4.69) is 4.98 Å². The van der Waals surface area contributed by atoms with E-state index >= 15 is 0 Å². The first-order valence-corrected chi connectivity index (χ1v) is 6.27. The molecule has 3 rings (SSSR count). The summed E-state index contributed by atoms with van der Waals surface area (Å²) < 4.78 is 28.2. The van der Waals surface area contributed by atoms with Gasteiger partial charge in [0.1, 0.15) is 0 Å². The summed E-state index contributed by atoms with van der Waals surface area (Å²) in [6, 6.07) is 9.34. The van der Waals surface area contributed by atoms with Gasteiger partial charge in [0.2, 0.25) is 5.95 Å². The van der Waals surface area contributed by atoms with E-state index in [0.717, 1.165) is 17.7 Å². The standard InChI is InChI=1S/C14H10ClF2N3/c15-9-3-1-8(2-4-9)7-20-13-6-11(17)10(16)5-12(13)19-14(20)18/h1-6H,7H2,(H2,18,19). The van der Waals surface area contributed by atoms with Crippen LogP contribution in [0.15, 0.2) is 36.4 Å². The number of nitrogens with zero attached hydrogens (tertiary/aromatic N) is 2. The van der Waals surface area contributed by atoms with E-state index in [0.29, 0.717) is 22.6 Å². The van der Waals surface area contributed by atoms with Crippen LogP contribution in [0.4, 0.5) is 14.7 Å². The Morgan fingerprint density at radius 3 is 2.45 bits per heavy atom. The number of hydrogen-bond acceptors (Lipinski definition) is 2. The molecule has 0 amide bonds. The molecule has 0 unspecified atom stereocenters. The summed E-state index contributed by atoms with van der Waals surface area (Å²) in [5.74, 6) is -1.65. The maximum absolute atomic E-state index is 13.4. The van der Waals surface area contributed by atoms with Crippen LogP contribution in [0.5, 0.6) is 0 Å². The molecule has 3 nitrogen and oxygen atoms in total. The Hall–Kier alpha value is -2.14. The molecular weight excluding hydrogens is 284 g/mol. The Morgan fingerprint density at radius 1 is 1.10 bits per heavy atom. The van der Waals surface area contributed by atoms with Gasteiger partial charge in [0.15, 0.2) is 11.6 Å². The molecule has 0 fully saturated rings. The highest BCUT2D eigenvalue weighted by Crippen LogP contribution is 2.22. The maximum atomic E-state index is 13.4. The van der Waals surface area contributed by atoms with E-state index in [-0.39, 0.29) is 5.95 Å². The number of aromatic nitrogens is 2. The summed E-state index contributed by atoms with van der Waals surface area (Å²) in [5, 5.41) is 0.630. The van der Waals surface area contributed by atoms with Gasteiger partial charge in [-0.2, -0.15) is 0 Å². The zero-order chi connectivity index (χ0) is 14.3. The number of imidazole rings is 1. The summed E-state index contributed by atoms with van der Waals surface area (Å²) in [6.45, 7) is 0.407. The highest BCUT2D eigenvalue weighted by atomic mass is 35.5. The number of halogens is 3. The van der Waals surface area contributed by atoms with Gasteiger partial charge in [-0.1, -0.05) is 23.7 Å². The molecule has 6 heteroatoms. The average molecular weight is 294 g/mol. The van der Waals surface area contributed by atoms with E-state index in [1.165, 1.54) is 0 Å². The van der Waals surface area contributed by atoms with Crippen LogP contribution < -0.4 is 5.73 Å². The van der Waals surface area contributed by atoms with Gasteiger partial charge >= 0.3 is 0 Å². The zero-order valence-corrected chi connectivity index (χ0v) is 11.0. The number of fused-ring (bicyclic) bond motifs is 1. The first kappa shape index (κ1) is 12.9. The Labute approximate surface area is 118 Å². The molecule has 0 spiro atoms. The Balaban J connectivity index is 2.08. The first-order valence-electron chi connectivity index (χ1n) is 5.90. The maximum Gasteiger partial charge on any atom is 0.201 e. The number of anilines is 1. The normalized spacial score (nSPS) is 11.2. The minimum Gasteiger partial charge on any atom is -0.369 e. The van der Waals surface area contributed by atoms with Crippen molar-refractivity contribution >= 4 is 28.6 Å². The quantitative estimate of drug-likeness (QED) is 0.784. The molecular formula is C14H10ClF2N3. The lowest BCUT2D eigenvalue weighted by Crippen LogP contribution is -2.04. The number of hydrogen-bond donors (Lipinski definition) is 1. The van der Waals surface area contributed by atoms with Gasteiger partial charge in [-0.3, -0.25) is 0 Å². The van der Waals surface area contributed by atoms with Crippen LogP contribution in [-0.4, -0.2) is 9.55 Å². The number of benzene rings is 2. The van der Waals surface area contributed by atoms with Crippen molar-refractivity contribution in [2.24, 2.45) is 0 Å². The third-order valence-electron chi connectivity index (χ3n) is 3.07. The van der Waals surface area contributed by atoms with Gasteiger partial charge in [-0.15, -0.1) is 0 Å². The topological polar surface area (TPSA) is 43.8 Å². The van der Waals surface area contributed by atoms with Crippen molar-refractivity contribution in [1.82, 2.24) is 9.55 Å². The fraction of sp³-hybridized carbons (Fsp3) is 0.0714. The van der Waals surface area contributed by atoms with Crippen molar-refractivity contribution in [2.45, 2.75) is 6.54 Å². The lowest BCUT2D eigenvalue weighted by molar-refractivity contribution is 0.510. The highest BCUT2D eigenvalue weighted by Gasteiger charge is 2.12. The summed E-state index contributed by atoms with van der Waals surface area (Å²) in [7, 11) is 0. The van der Waals surface area contributed by atoms with Crippen molar-refractivity contribution in [2.75, 3.05) is 5.73 Å². The predicted molar refractivity (Wildman–Crippen MR) is 74.6 cm³/mol. The lowest BCUT2D eigenvalue weighted by atomic mass is 10.2. The fourth-order valence-corrected chi connectivity index (χ4v) is 2.20. The van der Waals surface area contributed by atoms with Crippen LogP contribution >= 0.6 is 11.6 Å². The summed E-state index contributed by atoms with van der Waals surface area (Å²) in [6.07, 6.45) is 0. The number of nitrogen functional groups attached to an aromatic ring is 1. The number of rotatable bonds is 2. The second kappa shape index (κ2) is 4.76. The van der Waals surface area contributed by atoms with Crippen LogP contribution in [0.2, 0.25) is 5.02 Å². The van der Waals surface area contributed by atoms with Crippen LogP contribution in [0.25, 0.3) is 11.0 Å². The molecule has 1 aromatic heterocycles. The highest BCUT2D eigenvalue weighted by molar-refractivity contribution is 6.30. The Kier molecular flexibility index (Phi) is 3.06. The minimum atomic E-state index is -0.936. The molecule has 20 heavy (non-hydrogen) atoms. The van der Waals surface area contributed by atoms with Gasteiger partial charge < -0.3 is 10.3 Å². The van der Waals surface area contributed by atoms with E-state index < -0.39 is 11.6 Å². The van der Waals surface area contributed by atoms with Crippen molar-refractivity contribution in [1.29, 1.82) is 0 Å². The smallest absolute Gasteiger partial charge is 0.201 e. The Morgan fingerprint density at radius 2 is 1.75 bits per heavy atom. The number of nitrogens with two attached hydrogens (primary N) is 1. The minimum absolute atomic E-state index is 0.208. The van der Waals surface area contributed by atoms with Crippen LogP contribution in [-0.2, 0) is 6.54 Å². The third kappa shape index (κ3) is 2.20. The van der Waals surface area contributed by atoms with E-state index in [9.17, 15) is 8.78 Å². The molecule has 1 heterocycles. The molecule has 0 radical (unpaired) electrons. The van der Waals surface area contributed by atoms with E-state index in [1.54, 1.807) is 16.7 Å². The van der Waals surface area contributed by atoms with Gasteiger partial charge in [-0.25, -0.2) is 13.8 Å². The van der Waals surface area contributed by atoms with Gasteiger partial charge in [0.25, 0.3) is 0 Å². The van der Waals surface area contributed by atoms with Crippen LogP contribution in [0.1, 0.15) is 5.56 Å². The van der Waals surface area contributed by atoms with Crippen molar-refractivity contribution < 1.29 is 8.78 Å². The monoisotopic (exact) mass is 293 g/mol. The SMILES string of the molecule is Nc1nc2cc(F)c(F)cc2n1Cc1ccc(Cl)cc1. The molecule has 2 aromatic carbocycles. The molecule has 2 N–H and O–H groups in total. The second-order valence-corrected chi connectivity index (χ2v) is 4.87. The first-order chi connectivity index (χ1) is 9.54. The van der Waals surface area contributed by atoms with Crippen molar-refractivity contribution in [3.63, 3.8) is 0 Å².